The summed E-state index contributed by atoms with van der Waals surface area (Å²) < 4.78 is 24.6. The Morgan fingerprint density at radius 1 is 1.10 bits per heavy atom. The molecule has 150 valence electrons. The molecule has 1 aliphatic heterocycles. The first-order chi connectivity index (χ1) is 13.8. The minimum atomic E-state index is -0.884. The third kappa shape index (κ3) is 3.23. The van der Waals surface area contributed by atoms with Crippen LogP contribution in [0.4, 0.5) is 9.18 Å². The monoisotopic (exact) mass is 396 g/mol. The molecule has 0 aromatic heterocycles. The molecule has 0 saturated heterocycles. The van der Waals surface area contributed by atoms with E-state index in [1.54, 1.807) is 12.1 Å². The second-order valence-corrected chi connectivity index (χ2v) is 7.71. The van der Waals surface area contributed by atoms with E-state index < -0.39 is 17.7 Å². The molecule has 1 aliphatic carbocycles. The zero-order chi connectivity index (χ0) is 20.8. The van der Waals surface area contributed by atoms with Gasteiger partial charge in [0.2, 0.25) is 0 Å². The van der Waals surface area contributed by atoms with Crippen molar-refractivity contribution in [2.24, 2.45) is 0 Å². The van der Waals surface area contributed by atoms with Gasteiger partial charge in [-0.15, -0.1) is 0 Å². The fraction of sp³-hybridized carbons (Fsp3) is 0.304. The number of halogens is 1. The number of hydrogen-bond acceptors (Lipinski definition) is 4. The Balaban J connectivity index is 1.94. The van der Waals surface area contributed by atoms with Gasteiger partial charge in [0.1, 0.15) is 11.4 Å². The van der Waals surface area contributed by atoms with Gasteiger partial charge in [-0.3, -0.25) is 5.73 Å². The average Bonchev–Trinajstić information content (AvgIpc) is 3.23. The molecule has 0 radical (unpaired) electrons. The Morgan fingerprint density at radius 2 is 1.76 bits per heavy atom. The Morgan fingerprint density at radius 3 is 2.38 bits per heavy atom. The number of rotatable bonds is 3. The van der Waals surface area contributed by atoms with Gasteiger partial charge in [-0.2, -0.15) is 4.79 Å². The van der Waals surface area contributed by atoms with Crippen LogP contribution in [0.1, 0.15) is 42.4 Å². The highest BCUT2D eigenvalue weighted by Crippen LogP contribution is 2.49. The molecule has 1 saturated carbocycles. The maximum Gasteiger partial charge on any atom is 0.516 e. The molecule has 2 aliphatic rings. The van der Waals surface area contributed by atoms with E-state index in [1.165, 1.54) is 12.1 Å². The number of esters is 1. The average molecular weight is 396 g/mol. The number of amides is 1. The van der Waals surface area contributed by atoms with E-state index in [9.17, 15) is 14.0 Å². The van der Waals surface area contributed by atoms with Crippen molar-refractivity contribution < 1.29 is 29.2 Å². The van der Waals surface area contributed by atoms with Crippen LogP contribution in [0.2, 0.25) is 0 Å². The molecule has 0 bridgehead atoms. The predicted molar refractivity (Wildman–Crippen MR) is 105 cm³/mol. The summed E-state index contributed by atoms with van der Waals surface area (Å²) in [6.07, 6.45) is 2.33. The number of carbonyl (C=O) groups is 2. The van der Waals surface area contributed by atoms with E-state index in [4.69, 9.17) is 9.47 Å². The molecular weight excluding hydrogens is 373 g/mol. The van der Waals surface area contributed by atoms with E-state index in [0.29, 0.717) is 24.0 Å². The number of quaternary nitrogens is 1. The Labute approximate surface area is 168 Å². The Hall–Kier alpha value is -2.99. The molecule has 1 amide bonds. The quantitative estimate of drug-likeness (QED) is 0.793. The number of ether oxygens (including phenoxy) is 2. The van der Waals surface area contributed by atoms with Crippen molar-refractivity contribution in [2.45, 2.75) is 45.1 Å². The number of carbonyl (C=O) groups excluding carboxylic acids is 2. The van der Waals surface area contributed by atoms with Gasteiger partial charge in [0, 0.05) is 0 Å². The van der Waals surface area contributed by atoms with Gasteiger partial charge in [0.15, 0.2) is 11.4 Å². The molecule has 4 rings (SSSR count). The fourth-order valence-electron chi connectivity index (χ4n) is 4.52. The highest BCUT2D eigenvalue weighted by molar-refractivity contribution is 6.21. The standard InChI is InChI=1S/C23H22FNO4/c1-13-5-10-17(15-6-8-16(24)9-7-15)14(2)18(13)19-20(28-22(25)27)23(29-21(19)26)11-3-4-12-23/h5-10H,3-4,11-12H2,1-2H3,(H2,25,27)/p+1. The highest BCUT2D eigenvalue weighted by Gasteiger charge is 2.53. The van der Waals surface area contributed by atoms with Crippen molar-refractivity contribution in [3.8, 4) is 11.1 Å². The molecule has 1 spiro atoms. The van der Waals surface area contributed by atoms with Crippen molar-refractivity contribution in [2.75, 3.05) is 0 Å². The lowest BCUT2D eigenvalue weighted by atomic mass is 9.87. The predicted octanol–water partition coefficient (Wildman–Crippen LogP) is 4.07. The summed E-state index contributed by atoms with van der Waals surface area (Å²) in [6, 6.07) is 10.1. The number of benzene rings is 2. The summed E-state index contributed by atoms with van der Waals surface area (Å²) in [5.74, 6) is -0.512. The first-order valence-corrected chi connectivity index (χ1v) is 9.71. The topological polar surface area (TPSA) is 80.2 Å². The molecule has 1 heterocycles. The zero-order valence-corrected chi connectivity index (χ0v) is 16.5. The molecular formula is C23H23FNO4+. The van der Waals surface area contributed by atoms with Crippen LogP contribution in [0, 0.1) is 19.7 Å². The third-order valence-corrected chi connectivity index (χ3v) is 5.84. The summed E-state index contributed by atoms with van der Waals surface area (Å²) in [5.41, 5.74) is 6.85. The van der Waals surface area contributed by atoms with Crippen LogP contribution in [0.15, 0.2) is 42.2 Å². The van der Waals surface area contributed by atoms with Gasteiger partial charge in [-0.25, -0.2) is 9.18 Å². The minimum Gasteiger partial charge on any atom is -0.447 e. The number of aryl methyl sites for hydroxylation is 1. The van der Waals surface area contributed by atoms with Crippen LogP contribution in [-0.4, -0.2) is 17.7 Å². The molecule has 2 aromatic rings. The summed E-state index contributed by atoms with van der Waals surface area (Å²) in [6.45, 7) is 3.81. The molecule has 0 unspecified atom stereocenters. The van der Waals surface area contributed by atoms with Crippen LogP contribution in [-0.2, 0) is 14.3 Å². The Bertz CT molecular complexity index is 1030. The van der Waals surface area contributed by atoms with Gasteiger partial charge in [-0.1, -0.05) is 24.3 Å². The maximum atomic E-state index is 13.4. The van der Waals surface area contributed by atoms with Gasteiger partial charge in [-0.05, 0) is 79.5 Å². The minimum absolute atomic E-state index is 0.280. The van der Waals surface area contributed by atoms with Crippen LogP contribution < -0.4 is 5.73 Å². The molecule has 29 heavy (non-hydrogen) atoms. The lowest BCUT2D eigenvalue weighted by Crippen LogP contribution is -2.57. The normalized spacial score (nSPS) is 17.7. The van der Waals surface area contributed by atoms with Gasteiger partial charge < -0.3 is 9.47 Å². The van der Waals surface area contributed by atoms with Gasteiger partial charge in [0.05, 0.1) is 0 Å². The first kappa shape index (κ1) is 19.3. The van der Waals surface area contributed by atoms with Crippen LogP contribution in [0.5, 0.6) is 0 Å². The van der Waals surface area contributed by atoms with E-state index >= 15 is 0 Å². The van der Waals surface area contributed by atoms with Crippen molar-refractivity contribution >= 4 is 17.6 Å². The van der Waals surface area contributed by atoms with E-state index in [0.717, 1.165) is 35.1 Å². The second-order valence-electron chi connectivity index (χ2n) is 7.71. The van der Waals surface area contributed by atoms with E-state index in [-0.39, 0.29) is 11.6 Å². The smallest absolute Gasteiger partial charge is 0.447 e. The second kappa shape index (κ2) is 7.12. The summed E-state index contributed by atoms with van der Waals surface area (Å²) in [5, 5.41) is 0. The lowest BCUT2D eigenvalue weighted by molar-refractivity contribution is -0.280. The van der Waals surface area contributed by atoms with Gasteiger partial charge in [0.25, 0.3) is 0 Å². The molecule has 2 aromatic carbocycles. The number of hydrogen-bond donors (Lipinski definition) is 1. The summed E-state index contributed by atoms with van der Waals surface area (Å²) in [7, 11) is 0. The SMILES string of the molecule is Cc1ccc(-c2ccc(F)cc2)c(C)c1C1=C(OC([NH3+])=O)C2(CCCC2)OC1=O. The molecule has 6 heteroatoms. The molecule has 3 N–H and O–H groups in total. The Kier molecular flexibility index (Phi) is 4.74. The molecule has 5 nitrogen and oxygen atoms in total. The van der Waals surface area contributed by atoms with E-state index in [2.05, 4.69) is 5.73 Å². The van der Waals surface area contributed by atoms with Crippen LogP contribution in [0.25, 0.3) is 16.7 Å². The summed E-state index contributed by atoms with van der Waals surface area (Å²) in [4.78, 5) is 24.7. The first-order valence-electron chi connectivity index (χ1n) is 9.71. The van der Waals surface area contributed by atoms with Crippen LogP contribution in [0.3, 0.4) is 0 Å². The maximum absolute atomic E-state index is 13.4. The zero-order valence-electron chi connectivity index (χ0n) is 16.5. The van der Waals surface area contributed by atoms with Crippen molar-refractivity contribution in [3.05, 3.63) is 64.7 Å². The summed E-state index contributed by atoms with van der Waals surface area (Å²) >= 11 is 0. The fourth-order valence-corrected chi connectivity index (χ4v) is 4.52. The van der Waals surface area contributed by atoms with Crippen molar-refractivity contribution in [1.29, 1.82) is 0 Å². The third-order valence-electron chi connectivity index (χ3n) is 5.84. The highest BCUT2D eigenvalue weighted by atomic mass is 19.1. The van der Waals surface area contributed by atoms with Gasteiger partial charge >= 0.3 is 12.1 Å². The largest absolute Gasteiger partial charge is 0.516 e. The molecule has 1 fully saturated rings. The van der Waals surface area contributed by atoms with Crippen LogP contribution >= 0.6 is 0 Å². The lowest BCUT2D eigenvalue weighted by Gasteiger charge is -2.23. The molecule has 0 atom stereocenters. The van der Waals surface area contributed by atoms with Crippen molar-refractivity contribution in [3.63, 3.8) is 0 Å². The van der Waals surface area contributed by atoms with Crippen molar-refractivity contribution in [1.82, 2.24) is 0 Å². The van der Waals surface area contributed by atoms with E-state index in [1.807, 2.05) is 26.0 Å².